The van der Waals surface area contributed by atoms with E-state index in [1.165, 1.54) is 19.3 Å². The van der Waals surface area contributed by atoms with Crippen molar-refractivity contribution in [2.24, 2.45) is 0 Å². The quantitative estimate of drug-likeness (QED) is 0.839. The van der Waals surface area contributed by atoms with Crippen LogP contribution in [0.5, 0.6) is 0 Å². The average molecular weight is 257 g/mol. The Morgan fingerprint density at radius 3 is 2.79 bits per heavy atom. The van der Waals surface area contributed by atoms with E-state index in [9.17, 15) is 0 Å². The number of nitrogens with zero attached hydrogens (tertiary/aromatic N) is 2. The third-order valence-corrected chi connectivity index (χ3v) is 3.70. The van der Waals surface area contributed by atoms with Gasteiger partial charge in [-0.05, 0) is 37.8 Å². The molecule has 0 aromatic carbocycles. The number of hydrogen-bond acceptors (Lipinski definition) is 4. The van der Waals surface area contributed by atoms with E-state index in [0.717, 1.165) is 42.0 Å². The SMILES string of the molecule is CCc1ccc(-c2nc(N)c3c(n2)CCCCC3)o1. The molecule has 4 nitrogen and oxygen atoms in total. The first-order chi connectivity index (χ1) is 9.28. The van der Waals surface area contributed by atoms with Crippen molar-refractivity contribution in [2.45, 2.75) is 45.4 Å². The van der Waals surface area contributed by atoms with E-state index in [2.05, 4.69) is 16.9 Å². The molecule has 0 saturated heterocycles. The topological polar surface area (TPSA) is 64.9 Å². The summed E-state index contributed by atoms with van der Waals surface area (Å²) in [7, 11) is 0. The third kappa shape index (κ3) is 2.35. The second kappa shape index (κ2) is 5.03. The van der Waals surface area contributed by atoms with Crippen LogP contribution in [0.2, 0.25) is 0 Å². The van der Waals surface area contributed by atoms with Crippen molar-refractivity contribution in [2.75, 3.05) is 5.73 Å². The summed E-state index contributed by atoms with van der Waals surface area (Å²) in [6, 6.07) is 3.90. The monoisotopic (exact) mass is 257 g/mol. The second-order valence-electron chi connectivity index (χ2n) is 5.04. The van der Waals surface area contributed by atoms with Crippen molar-refractivity contribution in [3.8, 4) is 11.6 Å². The van der Waals surface area contributed by atoms with Gasteiger partial charge in [0.2, 0.25) is 0 Å². The molecule has 0 amide bonds. The number of furan rings is 1. The Morgan fingerprint density at radius 2 is 2.00 bits per heavy atom. The Balaban J connectivity index is 2.03. The minimum atomic E-state index is 0.622. The molecule has 0 radical (unpaired) electrons. The second-order valence-corrected chi connectivity index (χ2v) is 5.04. The van der Waals surface area contributed by atoms with Crippen LogP contribution < -0.4 is 5.73 Å². The summed E-state index contributed by atoms with van der Waals surface area (Å²) in [5.41, 5.74) is 8.34. The van der Waals surface area contributed by atoms with E-state index >= 15 is 0 Å². The van der Waals surface area contributed by atoms with Gasteiger partial charge in [-0.3, -0.25) is 0 Å². The van der Waals surface area contributed by atoms with E-state index in [4.69, 9.17) is 10.2 Å². The molecule has 1 aliphatic carbocycles. The molecule has 2 aromatic heterocycles. The number of fused-ring (bicyclic) bond motifs is 1. The van der Waals surface area contributed by atoms with Gasteiger partial charge in [0.25, 0.3) is 0 Å². The lowest BCUT2D eigenvalue weighted by Gasteiger charge is -2.09. The van der Waals surface area contributed by atoms with Crippen molar-refractivity contribution in [1.82, 2.24) is 9.97 Å². The van der Waals surface area contributed by atoms with Gasteiger partial charge in [-0.15, -0.1) is 0 Å². The first kappa shape index (κ1) is 12.2. The predicted octanol–water partition coefficient (Wildman–Crippen LogP) is 3.15. The van der Waals surface area contributed by atoms with Crippen molar-refractivity contribution in [1.29, 1.82) is 0 Å². The molecule has 2 N–H and O–H groups in total. The number of aromatic nitrogens is 2. The zero-order valence-corrected chi connectivity index (χ0v) is 11.3. The lowest BCUT2D eigenvalue weighted by molar-refractivity contribution is 0.525. The highest BCUT2D eigenvalue weighted by Gasteiger charge is 2.17. The molecule has 1 aliphatic rings. The summed E-state index contributed by atoms with van der Waals surface area (Å²) in [5.74, 6) is 2.91. The Hall–Kier alpha value is -1.84. The number of rotatable bonds is 2. The Labute approximate surface area is 113 Å². The molecular formula is C15H19N3O. The smallest absolute Gasteiger partial charge is 0.197 e. The summed E-state index contributed by atoms with van der Waals surface area (Å²) < 4.78 is 5.72. The number of nitrogen functional groups attached to an aromatic ring is 1. The largest absolute Gasteiger partial charge is 0.458 e. The average Bonchev–Trinajstić information content (AvgIpc) is 2.77. The number of aryl methyl sites for hydroxylation is 2. The van der Waals surface area contributed by atoms with Gasteiger partial charge < -0.3 is 10.2 Å². The van der Waals surface area contributed by atoms with Crippen LogP contribution >= 0.6 is 0 Å². The standard InChI is InChI=1S/C15H19N3O/c1-2-10-8-9-13(19-10)15-17-12-7-5-3-4-6-11(12)14(16)18-15/h8-9H,2-7H2,1H3,(H2,16,17,18). The lowest BCUT2D eigenvalue weighted by atomic mass is 10.1. The van der Waals surface area contributed by atoms with Crippen molar-refractivity contribution >= 4 is 5.82 Å². The Morgan fingerprint density at radius 1 is 1.16 bits per heavy atom. The highest BCUT2D eigenvalue weighted by atomic mass is 16.3. The van der Waals surface area contributed by atoms with E-state index in [1.807, 2.05) is 12.1 Å². The van der Waals surface area contributed by atoms with Gasteiger partial charge in [0, 0.05) is 17.7 Å². The van der Waals surface area contributed by atoms with Gasteiger partial charge in [-0.25, -0.2) is 9.97 Å². The molecule has 0 fully saturated rings. The van der Waals surface area contributed by atoms with Crippen LogP contribution in [-0.4, -0.2) is 9.97 Å². The van der Waals surface area contributed by atoms with Crippen LogP contribution in [0.1, 0.15) is 43.2 Å². The van der Waals surface area contributed by atoms with Gasteiger partial charge in [0.15, 0.2) is 11.6 Å². The highest BCUT2D eigenvalue weighted by Crippen LogP contribution is 2.27. The fourth-order valence-corrected chi connectivity index (χ4v) is 2.60. The van der Waals surface area contributed by atoms with Crippen LogP contribution in [-0.2, 0) is 19.3 Å². The van der Waals surface area contributed by atoms with E-state index in [1.54, 1.807) is 0 Å². The van der Waals surface area contributed by atoms with Crippen molar-refractivity contribution < 1.29 is 4.42 Å². The van der Waals surface area contributed by atoms with Crippen LogP contribution in [0, 0.1) is 0 Å². The van der Waals surface area contributed by atoms with Crippen LogP contribution in [0.25, 0.3) is 11.6 Å². The van der Waals surface area contributed by atoms with E-state index < -0.39 is 0 Å². The molecule has 4 heteroatoms. The zero-order chi connectivity index (χ0) is 13.2. The van der Waals surface area contributed by atoms with Gasteiger partial charge in [-0.1, -0.05) is 13.3 Å². The molecule has 0 atom stereocenters. The van der Waals surface area contributed by atoms with Crippen molar-refractivity contribution in [3.05, 3.63) is 29.2 Å². The number of nitrogens with two attached hydrogens (primary N) is 1. The molecule has 0 aliphatic heterocycles. The van der Waals surface area contributed by atoms with E-state index in [-0.39, 0.29) is 0 Å². The van der Waals surface area contributed by atoms with Gasteiger partial charge >= 0.3 is 0 Å². The van der Waals surface area contributed by atoms with Crippen molar-refractivity contribution in [3.63, 3.8) is 0 Å². The van der Waals surface area contributed by atoms with Crippen LogP contribution in [0.3, 0.4) is 0 Å². The number of hydrogen-bond donors (Lipinski definition) is 1. The minimum Gasteiger partial charge on any atom is -0.458 e. The molecule has 0 unspecified atom stereocenters. The maximum absolute atomic E-state index is 6.10. The fourth-order valence-electron chi connectivity index (χ4n) is 2.60. The molecule has 100 valence electrons. The lowest BCUT2D eigenvalue weighted by Crippen LogP contribution is -2.06. The van der Waals surface area contributed by atoms with Gasteiger partial charge in [0.05, 0.1) is 0 Å². The summed E-state index contributed by atoms with van der Waals surface area (Å²) in [6.45, 7) is 2.06. The molecule has 0 bridgehead atoms. The normalized spacial score (nSPS) is 15.0. The zero-order valence-electron chi connectivity index (χ0n) is 11.3. The van der Waals surface area contributed by atoms with E-state index in [0.29, 0.717) is 11.6 Å². The van der Waals surface area contributed by atoms with Gasteiger partial charge in [-0.2, -0.15) is 0 Å². The summed E-state index contributed by atoms with van der Waals surface area (Å²) in [4.78, 5) is 9.09. The third-order valence-electron chi connectivity index (χ3n) is 3.70. The molecular weight excluding hydrogens is 238 g/mol. The molecule has 0 saturated carbocycles. The fraction of sp³-hybridized carbons (Fsp3) is 0.467. The Kier molecular flexibility index (Phi) is 3.23. The summed E-state index contributed by atoms with van der Waals surface area (Å²) in [5, 5.41) is 0. The van der Waals surface area contributed by atoms with Crippen LogP contribution in [0.4, 0.5) is 5.82 Å². The minimum absolute atomic E-state index is 0.622. The molecule has 2 heterocycles. The van der Waals surface area contributed by atoms with Crippen LogP contribution in [0.15, 0.2) is 16.5 Å². The summed E-state index contributed by atoms with van der Waals surface area (Å²) in [6.07, 6.45) is 6.48. The Bertz CT molecular complexity index is 589. The molecule has 3 rings (SSSR count). The number of anilines is 1. The predicted molar refractivity (Wildman–Crippen MR) is 74.8 cm³/mol. The molecule has 19 heavy (non-hydrogen) atoms. The summed E-state index contributed by atoms with van der Waals surface area (Å²) >= 11 is 0. The molecule has 0 spiro atoms. The molecule has 2 aromatic rings. The maximum Gasteiger partial charge on any atom is 0.197 e. The first-order valence-electron chi connectivity index (χ1n) is 7.02. The first-order valence-corrected chi connectivity index (χ1v) is 7.02. The van der Waals surface area contributed by atoms with Gasteiger partial charge in [0.1, 0.15) is 11.6 Å². The highest BCUT2D eigenvalue weighted by molar-refractivity contribution is 5.54. The maximum atomic E-state index is 6.10.